The number of aromatic nitrogens is 2. The molecule has 5 nitrogen and oxygen atoms in total. The number of nitrogens with zero attached hydrogens (tertiary/aromatic N) is 2. The molecule has 0 bridgehead atoms. The number of carbonyl (C=O) groups is 1. The van der Waals surface area contributed by atoms with Gasteiger partial charge < -0.3 is 9.47 Å². The molecule has 4 rings (SSSR count). The van der Waals surface area contributed by atoms with Crippen LogP contribution in [-0.2, 0) is 9.47 Å². The summed E-state index contributed by atoms with van der Waals surface area (Å²) >= 11 is 11.8. The molecule has 0 N–H and O–H groups in total. The maximum atomic E-state index is 11.7. The molecule has 4 aromatic rings. The van der Waals surface area contributed by atoms with Crippen LogP contribution in [0.5, 0.6) is 0 Å². The molecule has 7 heteroatoms. The third-order valence-electron chi connectivity index (χ3n) is 4.47. The largest absolute Gasteiger partial charge is 0.492 e. The van der Waals surface area contributed by atoms with Crippen molar-refractivity contribution in [1.29, 1.82) is 0 Å². The smallest absolute Gasteiger partial charge is 0.357 e. The average Bonchev–Trinajstić information content (AvgIpc) is 2.78. The summed E-state index contributed by atoms with van der Waals surface area (Å²) in [5, 5.41) is 4.43. The standard InChI is InChI=1S/C13H12ClNO.C12H10ClNO2/c1-3-16-9(2)13-11-7-5-4-6-10(11)8-12(14)15-13;1-2-16-12(15)11-9-6-4-3-5-8(9)7-10(13)14-11/h4-8H,2-3H2,1H3;3-7H,2H2,1H3. The van der Waals surface area contributed by atoms with Gasteiger partial charge in [0.15, 0.2) is 5.69 Å². The van der Waals surface area contributed by atoms with E-state index in [1.807, 2.05) is 61.5 Å². The summed E-state index contributed by atoms with van der Waals surface area (Å²) in [6.45, 7) is 8.42. The fourth-order valence-corrected chi connectivity index (χ4v) is 3.55. The highest BCUT2D eigenvalue weighted by Crippen LogP contribution is 2.26. The minimum Gasteiger partial charge on any atom is -0.492 e. The Kier molecular flexibility index (Phi) is 8.03. The van der Waals surface area contributed by atoms with Gasteiger partial charge >= 0.3 is 5.97 Å². The lowest BCUT2D eigenvalue weighted by atomic mass is 10.1. The molecule has 0 unspecified atom stereocenters. The van der Waals surface area contributed by atoms with E-state index in [9.17, 15) is 4.79 Å². The Balaban J connectivity index is 0.000000181. The molecule has 0 aliphatic carbocycles. The van der Waals surface area contributed by atoms with Crippen LogP contribution in [-0.4, -0.2) is 29.2 Å². The Morgan fingerprint density at radius 2 is 1.28 bits per heavy atom. The first kappa shape index (κ1) is 23.5. The monoisotopic (exact) mass is 468 g/mol. The molecule has 32 heavy (non-hydrogen) atoms. The molecule has 0 spiro atoms. The maximum Gasteiger partial charge on any atom is 0.357 e. The van der Waals surface area contributed by atoms with Crippen molar-refractivity contribution in [3.8, 4) is 0 Å². The third kappa shape index (κ3) is 5.55. The average molecular weight is 469 g/mol. The van der Waals surface area contributed by atoms with Crippen molar-refractivity contribution >= 4 is 56.5 Å². The quantitative estimate of drug-likeness (QED) is 0.180. The Hall–Kier alpha value is -3.15. The number of fused-ring (bicyclic) bond motifs is 2. The molecule has 0 radical (unpaired) electrons. The van der Waals surface area contributed by atoms with Gasteiger partial charge in [0, 0.05) is 10.8 Å². The van der Waals surface area contributed by atoms with Crippen LogP contribution in [0.3, 0.4) is 0 Å². The van der Waals surface area contributed by atoms with Crippen LogP contribution in [0.15, 0.2) is 67.2 Å². The molecular weight excluding hydrogens is 447 g/mol. The topological polar surface area (TPSA) is 61.3 Å². The molecule has 0 saturated carbocycles. The summed E-state index contributed by atoms with van der Waals surface area (Å²) in [6.07, 6.45) is 0. The van der Waals surface area contributed by atoms with Crippen LogP contribution < -0.4 is 0 Å². The molecule has 0 amide bonds. The Morgan fingerprint density at radius 3 is 1.81 bits per heavy atom. The summed E-state index contributed by atoms with van der Waals surface area (Å²) < 4.78 is 10.3. The number of halogens is 2. The zero-order valence-electron chi connectivity index (χ0n) is 17.8. The molecule has 164 valence electrons. The Bertz CT molecular complexity index is 1180. The second-order valence-electron chi connectivity index (χ2n) is 6.61. The summed E-state index contributed by atoms with van der Waals surface area (Å²) in [5.74, 6) is 0.113. The van der Waals surface area contributed by atoms with Gasteiger partial charge in [-0.15, -0.1) is 0 Å². The highest BCUT2D eigenvalue weighted by Gasteiger charge is 2.13. The fraction of sp³-hybridized carbons (Fsp3) is 0.160. The number of ether oxygens (including phenoxy) is 2. The molecular formula is C25H22Cl2N2O3. The van der Waals surface area contributed by atoms with Crippen molar-refractivity contribution in [2.45, 2.75) is 13.8 Å². The lowest BCUT2D eigenvalue weighted by Gasteiger charge is -2.09. The highest BCUT2D eigenvalue weighted by atomic mass is 35.5. The normalized spacial score (nSPS) is 10.4. The number of rotatable bonds is 5. The van der Waals surface area contributed by atoms with E-state index in [1.165, 1.54) is 0 Å². The molecule has 0 saturated heterocycles. The lowest BCUT2D eigenvalue weighted by molar-refractivity contribution is 0.0522. The SMILES string of the molecule is C=C(OCC)c1nc(Cl)cc2ccccc12.CCOC(=O)c1nc(Cl)cc2ccccc12. The van der Waals surface area contributed by atoms with E-state index >= 15 is 0 Å². The second-order valence-corrected chi connectivity index (χ2v) is 7.38. The molecule has 2 aromatic carbocycles. The van der Waals surface area contributed by atoms with Crippen LogP contribution in [0.25, 0.3) is 27.3 Å². The van der Waals surface area contributed by atoms with Crippen LogP contribution in [0.2, 0.25) is 10.3 Å². The van der Waals surface area contributed by atoms with Gasteiger partial charge in [-0.3, -0.25) is 0 Å². The molecule has 0 aliphatic rings. The van der Waals surface area contributed by atoms with Gasteiger partial charge in [0.25, 0.3) is 0 Å². The van der Waals surface area contributed by atoms with Crippen LogP contribution in [0.4, 0.5) is 0 Å². The van der Waals surface area contributed by atoms with E-state index in [2.05, 4.69) is 16.5 Å². The van der Waals surface area contributed by atoms with Gasteiger partial charge in [0.2, 0.25) is 0 Å². The van der Waals surface area contributed by atoms with Crippen molar-refractivity contribution < 1.29 is 14.3 Å². The van der Waals surface area contributed by atoms with Gasteiger partial charge in [0.05, 0.1) is 13.2 Å². The van der Waals surface area contributed by atoms with Crippen LogP contribution in [0, 0.1) is 0 Å². The first-order valence-corrected chi connectivity index (χ1v) is 10.8. The Morgan fingerprint density at radius 1 is 0.812 bits per heavy atom. The van der Waals surface area contributed by atoms with Crippen LogP contribution in [0.1, 0.15) is 30.0 Å². The predicted molar refractivity (Wildman–Crippen MR) is 130 cm³/mol. The zero-order chi connectivity index (χ0) is 23.1. The van der Waals surface area contributed by atoms with Crippen molar-refractivity contribution in [1.82, 2.24) is 9.97 Å². The summed E-state index contributed by atoms with van der Waals surface area (Å²) in [5.41, 5.74) is 0.981. The summed E-state index contributed by atoms with van der Waals surface area (Å²) in [7, 11) is 0. The van der Waals surface area contributed by atoms with Gasteiger partial charge in [-0.2, -0.15) is 0 Å². The van der Waals surface area contributed by atoms with Gasteiger partial charge in [-0.25, -0.2) is 14.8 Å². The van der Waals surface area contributed by atoms with Gasteiger partial charge in [-0.1, -0.05) is 78.3 Å². The number of esters is 1. The van der Waals surface area contributed by atoms with E-state index in [-0.39, 0.29) is 5.69 Å². The number of pyridine rings is 2. The van der Waals surface area contributed by atoms with Gasteiger partial charge in [0.1, 0.15) is 21.8 Å². The minimum atomic E-state index is -0.443. The van der Waals surface area contributed by atoms with E-state index < -0.39 is 5.97 Å². The van der Waals surface area contributed by atoms with E-state index in [4.69, 9.17) is 32.7 Å². The van der Waals surface area contributed by atoms with Crippen LogP contribution >= 0.6 is 23.2 Å². The van der Waals surface area contributed by atoms with E-state index in [0.717, 1.165) is 21.5 Å². The zero-order valence-corrected chi connectivity index (χ0v) is 19.3. The second kappa shape index (κ2) is 10.9. The molecule has 2 aromatic heterocycles. The van der Waals surface area contributed by atoms with Crippen molar-refractivity contribution in [2.24, 2.45) is 0 Å². The van der Waals surface area contributed by atoms with Crippen molar-refractivity contribution in [2.75, 3.05) is 13.2 Å². The first-order chi connectivity index (χ1) is 15.4. The number of hydrogen-bond donors (Lipinski definition) is 0. The summed E-state index contributed by atoms with van der Waals surface area (Å²) in [4.78, 5) is 19.9. The fourth-order valence-electron chi connectivity index (χ4n) is 3.14. The number of benzene rings is 2. The molecule has 0 fully saturated rings. The number of hydrogen-bond acceptors (Lipinski definition) is 5. The predicted octanol–water partition coefficient (Wildman–Crippen LogP) is 6.96. The maximum absolute atomic E-state index is 11.7. The molecule has 0 aliphatic heterocycles. The first-order valence-electron chi connectivity index (χ1n) is 10.0. The molecule has 0 atom stereocenters. The number of carbonyl (C=O) groups excluding carboxylic acids is 1. The van der Waals surface area contributed by atoms with E-state index in [1.54, 1.807) is 13.0 Å². The van der Waals surface area contributed by atoms with Crippen molar-refractivity contribution in [3.63, 3.8) is 0 Å². The summed E-state index contributed by atoms with van der Waals surface area (Å²) in [6, 6.07) is 18.9. The third-order valence-corrected chi connectivity index (χ3v) is 4.86. The van der Waals surface area contributed by atoms with Gasteiger partial charge in [-0.05, 0) is 36.8 Å². The minimum absolute atomic E-state index is 0.268. The molecule has 2 heterocycles. The van der Waals surface area contributed by atoms with E-state index in [0.29, 0.717) is 35.0 Å². The Labute approximate surface area is 196 Å². The highest BCUT2D eigenvalue weighted by molar-refractivity contribution is 6.30. The van der Waals surface area contributed by atoms with Crippen molar-refractivity contribution in [3.05, 3.63) is 88.9 Å². The lowest BCUT2D eigenvalue weighted by Crippen LogP contribution is -2.07.